The summed E-state index contributed by atoms with van der Waals surface area (Å²) in [6.45, 7) is 17.5. The third-order valence-electron chi connectivity index (χ3n) is 7.16. The highest BCUT2D eigenvalue weighted by molar-refractivity contribution is 9.10. The monoisotopic (exact) mass is 511 g/mol. The fourth-order valence-electron chi connectivity index (χ4n) is 6.10. The van der Waals surface area contributed by atoms with Gasteiger partial charge in [0, 0.05) is 17.0 Å². The van der Waals surface area contributed by atoms with Gasteiger partial charge in [-0.25, -0.2) is 8.93 Å². The maximum atomic E-state index is 13.6. The molecule has 1 aromatic carbocycles. The summed E-state index contributed by atoms with van der Waals surface area (Å²) in [4.78, 5) is 0. The van der Waals surface area contributed by atoms with Gasteiger partial charge in [0.1, 0.15) is 11.3 Å². The molecule has 4 nitrogen and oxygen atoms in total. The molecule has 2 aliphatic carbocycles. The van der Waals surface area contributed by atoms with Crippen LogP contribution in [0.4, 0.5) is 0 Å². The van der Waals surface area contributed by atoms with E-state index >= 15 is 0 Å². The Morgan fingerprint density at radius 3 is 2.42 bits per heavy atom. The van der Waals surface area contributed by atoms with Crippen LogP contribution >= 0.6 is 15.9 Å². The summed E-state index contributed by atoms with van der Waals surface area (Å²) in [5, 5.41) is 0. The third-order valence-corrected chi connectivity index (χ3v) is 9.26. The molecule has 0 aromatic heterocycles. The van der Waals surface area contributed by atoms with E-state index in [1.807, 2.05) is 34.8 Å². The lowest BCUT2D eigenvalue weighted by molar-refractivity contribution is -0.0800. The van der Waals surface area contributed by atoms with Crippen molar-refractivity contribution >= 4 is 26.9 Å². The Morgan fingerprint density at radius 2 is 1.90 bits per heavy atom. The molecule has 31 heavy (non-hydrogen) atoms. The van der Waals surface area contributed by atoms with Crippen molar-refractivity contribution in [3.63, 3.8) is 0 Å². The van der Waals surface area contributed by atoms with Crippen LogP contribution in [0.3, 0.4) is 0 Å². The minimum absolute atomic E-state index is 0.197. The van der Waals surface area contributed by atoms with E-state index in [1.54, 1.807) is 0 Å². The van der Waals surface area contributed by atoms with E-state index in [2.05, 4.69) is 59.3 Å². The summed E-state index contributed by atoms with van der Waals surface area (Å²) >= 11 is 3.67. The van der Waals surface area contributed by atoms with E-state index in [4.69, 9.17) is 9.47 Å². The van der Waals surface area contributed by atoms with Crippen LogP contribution in [-0.4, -0.2) is 28.8 Å². The minimum atomic E-state index is -1.30. The molecule has 1 N–H and O–H groups in total. The zero-order chi connectivity index (χ0) is 23.2. The predicted molar refractivity (Wildman–Crippen MR) is 132 cm³/mol. The van der Waals surface area contributed by atoms with Crippen LogP contribution in [0.5, 0.6) is 0 Å². The van der Waals surface area contributed by atoms with Crippen molar-refractivity contribution in [3.8, 4) is 0 Å². The second-order valence-corrected chi connectivity index (χ2v) is 13.3. The summed E-state index contributed by atoms with van der Waals surface area (Å²) in [5.74, 6) is 1.40. The summed E-state index contributed by atoms with van der Waals surface area (Å²) < 4.78 is 29.8. The molecular formula is C25H38BrNO3S. The summed E-state index contributed by atoms with van der Waals surface area (Å²) in [5.41, 5.74) is 1.48. The van der Waals surface area contributed by atoms with Crippen LogP contribution in [0.1, 0.15) is 65.5 Å². The van der Waals surface area contributed by atoms with Crippen molar-refractivity contribution in [3.05, 3.63) is 46.1 Å². The van der Waals surface area contributed by atoms with Gasteiger partial charge in [-0.3, -0.25) is 0 Å². The van der Waals surface area contributed by atoms with Crippen molar-refractivity contribution in [1.82, 2.24) is 4.72 Å². The molecule has 2 unspecified atom stereocenters. The average Bonchev–Trinajstić information content (AvgIpc) is 2.90. The largest absolute Gasteiger partial charge is 0.496 e. The van der Waals surface area contributed by atoms with Gasteiger partial charge in [-0.05, 0) is 82.1 Å². The molecule has 6 atom stereocenters. The van der Waals surface area contributed by atoms with Crippen molar-refractivity contribution in [2.45, 2.75) is 77.2 Å². The summed E-state index contributed by atoms with van der Waals surface area (Å²) in [6.07, 6.45) is 3.01. The van der Waals surface area contributed by atoms with Gasteiger partial charge in [0.2, 0.25) is 0 Å². The number of nitrogens with one attached hydrogen (secondary N) is 1. The molecular weight excluding hydrogens is 474 g/mol. The standard InChI is InChI=1S/C25H38BrNO3S/c1-9-30-18(4)25(27-31(28)23(5,6)7)21-12-20(26)11-10-19(21)15-24(25)13-16(2)22(29-8)17(3)14-24/h10-12,16-17,22,27H,4,9,13-15H2,1-3,5-8H3/t16-,17+,22?,24?,25-,31+/m1/s1. The molecule has 174 valence electrons. The lowest BCUT2D eigenvalue weighted by atomic mass is 9.56. The Kier molecular flexibility index (Phi) is 7.18. The molecule has 2 aliphatic rings. The molecule has 0 aliphatic heterocycles. The maximum absolute atomic E-state index is 13.6. The summed E-state index contributed by atoms with van der Waals surface area (Å²) in [6, 6.07) is 6.46. The number of benzene rings is 1. The number of ether oxygens (including phenoxy) is 2. The maximum Gasteiger partial charge on any atom is 0.118 e. The first kappa shape index (κ1) is 24.9. The van der Waals surface area contributed by atoms with Gasteiger partial charge in [-0.1, -0.05) is 42.4 Å². The molecule has 0 amide bonds. The topological polar surface area (TPSA) is 47.6 Å². The van der Waals surface area contributed by atoms with E-state index in [-0.39, 0.29) is 11.5 Å². The number of halogens is 1. The van der Waals surface area contributed by atoms with E-state index in [0.29, 0.717) is 24.2 Å². The fraction of sp³-hybridized carbons (Fsp3) is 0.680. The number of rotatable bonds is 6. The van der Waals surface area contributed by atoms with Gasteiger partial charge in [0.15, 0.2) is 0 Å². The quantitative estimate of drug-likeness (QED) is 0.485. The average molecular weight is 513 g/mol. The van der Waals surface area contributed by atoms with Crippen LogP contribution in [0.2, 0.25) is 0 Å². The summed E-state index contributed by atoms with van der Waals surface area (Å²) in [7, 11) is 0.512. The van der Waals surface area contributed by atoms with Crippen molar-refractivity contribution < 1.29 is 13.7 Å². The Labute approximate surface area is 199 Å². The van der Waals surface area contributed by atoms with Gasteiger partial charge in [0.05, 0.1) is 28.4 Å². The smallest absolute Gasteiger partial charge is 0.118 e. The van der Waals surface area contributed by atoms with Crippen molar-refractivity contribution in [1.29, 1.82) is 0 Å². The molecule has 0 saturated heterocycles. The zero-order valence-corrected chi connectivity index (χ0v) is 22.4. The number of fused-ring (bicyclic) bond motifs is 1. The second-order valence-electron chi connectivity index (χ2n) is 10.4. The van der Waals surface area contributed by atoms with Crippen LogP contribution in [0.15, 0.2) is 35.0 Å². The molecule has 0 radical (unpaired) electrons. The molecule has 1 aromatic rings. The first-order chi connectivity index (χ1) is 14.4. The van der Waals surface area contributed by atoms with Crippen LogP contribution in [0, 0.1) is 17.3 Å². The van der Waals surface area contributed by atoms with Gasteiger partial charge in [0.25, 0.3) is 0 Å². The number of methoxy groups -OCH3 is 1. The highest BCUT2D eigenvalue weighted by Gasteiger charge is 2.64. The van der Waals surface area contributed by atoms with E-state index in [1.165, 1.54) is 5.56 Å². The Hall–Kier alpha value is -0.690. The normalized spacial score (nSPS) is 33.9. The first-order valence-electron chi connectivity index (χ1n) is 11.3. The molecule has 1 saturated carbocycles. The SMILES string of the molecule is C=C(OCC)[C@@]1(N[S@@](=O)C(C)(C)C)c2cc(Br)ccc2CC12C[C@@H](C)C(OC)[C@@H](C)C2. The fourth-order valence-corrected chi connectivity index (χ4v) is 7.49. The third kappa shape index (κ3) is 4.18. The highest BCUT2D eigenvalue weighted by Crippen LogP contribution is 2.63. The van der Waals surface area contributed by atoms with Gasteiger partial charge in [-0.15, -0.1) is 0 Å². The number of hydrogen-bond acceptors (Lipinski definition) is 3. The van der Waals surface area contributed by atoms with Gasteiger partial charge < -0.3 is 9.47 Å². The van der Waals surface area contributed by atoms with Crippen LogP contribution in [0.25, 0.3) is 0 Å². The van der Waals surface area contributed by atoms with Crippen molar-refractivity contribution in [2.75, 3.05) is 13.7 Å². The van der Waals surface area contributed by atoms with Crippen LogP contribution < -0.4 is 4.72 Å². The predicted octanol–water partition coefficient (Wildman–Crippen LogP) is 5.87. The highest BCUT2D eigenvalue weighted by atomic mass is 79.9. The van der Waals surface area contributed by atoms with Gasteiger partial charge >= 0.3 is 0 Å². The first-order valence-corrected chi connectivity index (χ1v) is 13.2. The molecule has 0 heterocycles. The molecule has 1 spiro atoms. The Morgan fingerprint density at radius 1 is 1.29 bits per heavy atom. The van der Waals surface area contributed by atoms with Crippen LogP contribution in [-0.2, 0) is 32.4 Å². The zero-order valence-electron chi connectivity index (χ0n) is 20.0. The van der Waals surface area contributed by atoms with Gasteiger partial charge in [-0.2, -0.15) is 0 Å². The van der Waals surface area contributed by atoms with E-state index < -0.39 is 21.3 Å². The molecule has 6 heteroatoms. The van der Waals surface area contributed by atoms with Crippen molar-refractivity contribution in [2.24, 2.45) is 17.3 Å². The molecule has 1 fully saturated rings. The molecule has 0 bridgehead atoms. The Balaban J connectivity index is 2.26. The second kappa shape index (κ2) is 8.92. The minimum Gasteiger partial charge on any atom is -0.496 e. The van der Waals surface area contributed by atoms with E-state index in [0.717, 1.165) is 29.3 Å². The number of hydrogen-bond donors (Lipinski definition) is 1. The van der Waals surface area contributed by atoms with E-state index in [9.17, 15) is 4.21 Å². The molecule has 3 rings (SSSR count). The lowest BCUT2D eigenvalue weighted by Crippen LogP contribution is -2.61. The lowest BCUT2D eigenvalue weighted by Gasteiger charge is -2.54. The Bertz CT molecular complexity index is 853.